The van der Waals surface area contributed by atoms with Crippen molar-refractivity contribution in [3.63, 3.8) is 0 Å². The molecule has 2 aliphatic heterocycles. The lowest BCUT2D eigenvalue weighted by atomic mass is 10.1. The average molecular weight is 392 g/mol. The van der Waals surface area contributed by atoms with Gasteiger partial charge in [-0.1, -0.05) is 12.1 Å². The fraction of sp³-hybridized carbons (Fsp3) is 0.417. The minimum atomic E-state index is -0.133. The Kier molecular flexibility index (Phi) is 6.25. The van der Waals surface area contributed by atoms with Gasteiger partial charge in [0.15, 0.2) is 0 Å². The SMILES string of the molecule is O=C(Nc1ccc(CCCN2CCCC2)cc1)c1ccc(N2CCCC2=O)cc1. The molecule has 0 radical (unpaired) electrons. The number of aryl methyl sites for hydroxylation is 1. The van der Waals surface area contributed by atoms with Crippen molar-refractivity contribution in [1.29, 1.82) is 0 Å². The van der Waals surface area contributed by atoms with E-state index in [1.165, 1.54) is 44.5 Å². The number of benzene rings is 2. The molecule has 29 heavy (non-hydrogen) atoms. The van der Waals surface area contributed by atoms with Gasteiger partial charge in [-0.2, -0.15) is 0 Å². The van der Waals surface area contributed by atoms with Crippen LogP contribution in [0.15, 0.2) is 48.5 Å². The Morgan fingerprint density at radius 3 is 2.28 bits per heavy atom. The van der Waals surface area contributed by atoms with E-state index in [2.05, 4.69) is 22.3 Å². The zero-order valence-electron chi connectivity index (χ0n) is 16.9. The normalized spacial score (nSPS) is 17.1. The maximum absolute atomic E-state index is 12.5. The summed E-state index contributed by atoms with van der Waals surface area (Å²) in [4.78, 5) is 28.7. The van der Waals surface area contributed by atoms with Crippen LogP contribution in [0.1, 0.15) is 48.0 Å². The highest BCUT2D eigenvalue weighted by molar-refractivity contribution is 6.04. The largest absolute Gasteiger partial charge is 0.322 e. The minimum absolute atomic E-state index is 0.133. The zero-order valence-corrected chi connectivity index (χ0v) is 16.9. The van der Waals surface area contributed by atoms with Crippen LogP contribution in [0.4, 0.5) is 11.4 Å². The highest BCUT2D eigenvalue weighted by Crippen LogP contribution is 2.22. The van der Waals surface area contributed by atoms with Gasteiger partial charge in [0.2, 0.25) is 5.91 Å². The number of hydrogen-bond acceptors (Lipinski definition) is 3. The van der Waals surface area contributed by atoms with Crippen molar-refractivity contribution in [3.05, 3.63) is 59.7 Å². The maximum atomic E-state index is 12.5. The molecule has 0 saturated carbocycles. The highest BCUT2D eigenvalue weighted by Gasteiger charge is 2.21. The second-order valence-corrected chi connectivity index (χ2v) is 8.00. The van der Waals surface area contributed by atoms with Gasteiger partial charge in [0.05, 0.1) is 0 Å². The molecule has 2 amide bonds. The number of likely N-dealkylation sites (tertiary alicyclic amines) is 1. The summed E-state index contributed by atoms with van der Waals surface area (Å²) in [5.41, 5.74) is 3.57. The van der Waals surface area contributed by atoms with E-state index in [1.54, 1.807) is 17.0 Å². The van der Waals surface area contributed by atoms with E-state index in [9.17, 15) is 9.59 Å². The molecule has 2 aromatic carbocycles. The first kappa shape index (κ1) is 19.6. The molecule has 2 aromatic rings. The molecule has 0 atom stereocenters. The lowest BCUT2D eigenvalue weighted by Crippen LogP contribution is -2.23. The lowest BCUT2D eigenvalue weighted by molar-refractivity contribution is -0.117. The summed E-state index contributed by atoms with van der Waals surface area (Å²) in [5.74, 6) is 0.0220. The Hall–Kier alpha value is -2.66. The van der Waals surface area contributed by atoms with Gasteiger partial charge >= 0.3 is 0 Å². The van der Waals surface area contributed by atoms with E-state index in [4.69, 9.17) is 0 Å². The molecule has 2 saturated heterocycles. The van der Waals surface area contributed by atoms with Crippen LogP contribution in [0.5, 0.6) is 0 Å². The van der Waals surface area contributed by atoms with Crippen LogP contribution in [0.2, 0.25) is 0 Å². The van der Waals surface area contributed by atoms with E-state index in [0.717, 1.165) is 30.8 Å². The van der Waals surface area contributed by atoms with E-state index in [0.29, 0.717) is 12.0 Å². The summed E-state index contributed by atoms with van der Waals surface area (Å²) in [6, 6.07) is 15.4. The fourth-order valence-corrected chi connectivity index (χ4v) is 4.18. The first-order valence-electron chi connectivity index (χ1n) is 10.7. The molecule has 4 rings (SSSR count). The maximum Gasteiger partial charge on any atom is 0.255 e. The molecular formula is C24H29N3O2. The Bertz CT molecular complexity index is 839. The van der Waals surface area contributed by atoms with E-state index in [-0.39, 0.29) is 11.8 Å². The number of nitrogens with one attached hydrogen (secondary N) is 1. The van der Waals surface area contributed by atoms with Gasteiger partial charge in [0.25, 0.3) is 5.91 Å². The number of nitrogens with zero attached hydrogens (tertiary/aromatic N) is 2. The standard InChI is InChI=1S/C24H29N3O2/c28-23-6-4-18-27(23)22-13-9-20(10-14-22)24(29)25-21-11-7-19(8-12-21)5-3-17-26-15-1-2-16-26/h7-14H,1-6,15-18H2,(H,25,29). The molecule has 0 bridgehead atoms. The topological polar surface area (TPSA) is 52.7 Å². The summed E-state index contributed by atoms with van der Waals surface area (Å²) in [6.07, 6.45) is 6.44. The van der Waals surface area contributed by atoms with Crippen molar-refractivity contribution in [2.24, 2.45) is 0 Å². The van der Waals surface area contributed by atoms with E-state index in [1.807, 2.05) is 24.3 Å². The smallest absolute Gasteiger partial charge is 0.255 e. The van der Waals surface area contributed by atoms with Crippen molar-refractivity contribution in [2.45, 2.75) is 38.5 Å². The summed E-state index contributed by atoms with van der Waals surface area (Å²) in [5, 5.41) is 2.96. The molecule has 2 aliphatic rings. The zero-order chi connectivity index (χ0) is 20.1. The van der Waals surface area contributed by atoms with Crippen molar-refractivity contribution in [1.82, 2.24) is 4.90 Å². The average Bonchev–Trinajstić information content (AvgIpc) is 3.41. The van der Waals surface area contributed by atoms with Gasteiger partial charge in [-0.15, -0.1) is 0 Å². The highest BCUT2D eigenvalue weighted by atomic mass is 16.2. The van der Waals surface area contributed by atoms with Gasteiger partial charge in [-0.25, -0.2) is 0 Å². The fourth-order valence-electron chi connectivity index (χ4n) is 4.18. The third-order valence-electron chi connectivity index (χ3n) is 5.86. The van der Waals surface area contributed by atoms with Crippen molar-refractivity contribution in [3.8, 4) is 0 Å². The Balaban J connectivity index is 1.28. The predicted molar refractivity (Wildman–Crippen MR) is 116 cm³/mol. The second kappa shape index (κ2) is 9.23. The molecular weight excluding hydrogens is 362 g/mol. The monoisotopic (exact) mass is 391 g/mol. The van der Waals surface area contributed by atoms with Gasteiger partial charge in [-0.05, 0) is 93.7 Å². The third kappa shape index (κ3) is 5.04. The second-order valence-electron chi connectivity index (χ2n) is 8.00. The molecule has 1 N–H and O–H groups in total. The Morgan fingerprint density at radius 2 is 1.62 bits per heavy atom. The number of hydrogen-bond donors (Lipinski definition) is 1. The van der Waals surface area contributed by atoms with Crippen LogP contribution < -0.4 is 10.2 Å². The molecule has 0 aromatic heterocycles. The van der Waals surface area contributed by atoms with Gasteiger partial charge in [0.1, 0.15) is 0 Å². The number of amides is 2. The van der Waals surface area contributed by atoms with Crippen molar-refractivity contribution >= 4 is 23.2 Å². The van der Waals surface area contributed by atoms with E-state index >= 15 is 0 Å². The van der Waals surface area contributed by atoms with Gasteiger partial charge in [0, 0.05) is 29.9 Å². The van der Waals surface area contributed by atoms with Gasteiger partial charge < -0.3 is 15.1 Å². The number of carbonyl (C=O) groups is 2. The number of anilines is 2. The molecule has 0 spiro atoms. The van der Waals surface area contributed by atoms with Crippen molar-refractivity contribution in [2.75, 3.05) is 36.4 Å². The van der Waals surface area contributed by atoms with Crippen LogP contribution in [-0.2, 0) is 11.2 Å². The first-order chi connectivity index (χ1) is 14.2. The number of carbonyl (C=O) groups excluding carboxylic acids is 2. The Labute approximate surface area is 172 Å². The summed E-state index contributed by atoms with van der Waals surface area (Å²) >= 11 is 0. The quantitative estimate of drug-likeness (QED) is 0.773. The molecule has 5 heteroatoms. The molecule has 5 nitrogen and oxygen atoms in total. The predicted octanol–water partition coefficient (Wildman–Crippen LogP) is 4.09. The van der Waals surface area contributed by atoms with Crippen LogP contribution in [0.25, 0.3) is 0 Å². The first-order valence-corrected chi connectivity index (χ1v) is 10.7. The minimum Gasteiger partial charge on any atom is -0.322 e. The van der Waals surface area contributed by atoms with Gasteiger partial charge in [-0.3, -0.25) is 9.59 Å². The molecule has 2 fully saturated rings. The summed E-state index contributed by atoms with van der Waals surface area (Å²) in [7, 11) is 0. The molecule has 0 aliphatic carbocycles. The summed E-state index contributed by atoms with van der Waals surface area (Å²) in [6.45, 7) is 4.44. The van der Waals surface area contributed by atoms with Crippen LogP contribution in [-0.4, -0.2) is 42.9 Å². The summed E-state index contributed by atoms with van der Waals surface area (Å²) < 4.78 is 0. The van der Waals surface area contributed by atoms with E-state index < -0.39 is 0 Å². The van der Waals surface area contributed by atoms with Crippen molar-refractivity contribution < 1.29 is 9.59 Å². The number of rotatable bonds is 7. The molecule has 152 valence electrons. The molecule has 0 unspecified atom stereocenters. The van der Waals surface area contributed by atoms with Crippen LogP contribution in [0, 0.1) is 0 Å². The Morgan fingerprint density at radius 1 is 0.897 bits per heavy atom. The molecule has 2 heterocycles. The van der Waals surface area contributed by atoms with Crippen LogP contribution in [0.3, 0.4) is 0 Å². The van der Waals surface area contributed by atoms with Crippen LogP contribution >= 0.6 is 0 Å². The lowest BCUT2D eigenvalue weighted by Gasteiger charge is -2.16. The third-order valence-corrected chi connectivity index (χ3v) is 5.86.